The monoisotopic (exact) mass is 266 g/mol. The molecule has 1 aromatic carbocycles. The minimum atomic E-state index is -0.840. The van der Waals surface area contributed by atoms with Crippen molar-refractivity contribution >= 4 is 12.1 Å². The number of hydrogen-bond donors (Lipinski definition) is 1. The van der Waals surface area contributed by atoms with Crippen LogP contribution < -0.4 is 5.73 Å². The number of nitrogens with two attached hydrogens (primary N) is 1. The van der Waals surface area contributed by atoms with Crippen LogP contribution in [0.1, 0.15) is 5.56 Å². The smallest absolute Gasteiger partial charge is 0.410 e. The maximum absolute atomic E-state index is 11.8. The summed E-state index contributed by atoms with van der Waals surface area (Å²) in [7, 11) is 2.69. The quantitative estimate of drug-likeness (QED) is 0.795. The zero-order valence-electron chi connectivity index (χ0n) is 11.0. The molecule has 0 spiro atoms. The van der Waals surface area contributed by atoms with Crippen molar-refractivity contribution in [2.75, 3.05) is 20.7 Å². The average molecular weight is 266 g/mol. The zero-order valence-corrected chi connectivity index (χ0v) is 11.0. The van der Waals surface area contributed by atoms with Gasteiger partial charge in [0.25, 0.3) is 0 Å². The molecule has 1 atom stereocenters. The number of carbonyl (C=O) groups excluding carboxylic acids is 2. The lowest BCUT2D eigenvalue weighted by Gasteiger charge is -2.24. The standard InChI is InChI=1S/C13H18N2O4/c1-15(11(8-14)12(16)18-2)13(17)19-9-10-6-4-3-5-7-10/h3-7,11H,8-9,14H2,1-2H3. The van der Waals surface area contributed by atoms with Gasteiger partial charge in [0.2, 0.25) is 0 Å². The summed E-state index contributed by atoms with van der Waals surface area (Å²) >= 11 is 0. The fourth-order valence-corrected chi connectivity index (χ4v) is 1.50. The van der Waals surface area contributed by atoms with Crippen LogP contribution >= 0.6 is 0 Å². The molecule has 1 amide bonds. The highest BCUT2D eigenvalue weighted by Crippen LogP contribution is 2.05. The lowest BCUT2D eigenvalue weighted by Crippen LogP contribution is -2.47. The van der Waals surface area contributed by atoms with E-state index in [1.807, 2.05) is 30.3 Å². The highest BCUT2D eigenvalue weighted by Gasteiger charge is 2.27. The van der Waals surface area contributed by atoms with Gasteiger partial charge >= 0.3 is 12.1 Å². The molecule has 0 aliphatic heterocycles. The van der Waals surface area contributed by atoms with E-state index in [4.69, 9.17) is 10.5 Å². The molecule has 2 N–H and O–H groups in total. The largest absolute Gasteiger partial charge is 0.467 e. The van der Waals surface area contributed by atoms with Crippen molar-refractivity contribution < 1.29 is 19.1 Å². The van der Waals surface area contributed by atoms with Crippen LogP contribution in [0.25, 0.3) is 0 Å². The lowest BCUT2D eigenvalue weighted by molar-refractivity contribution is -0.145. The average Bonchev–Trinajstić information content (AvgIpc) is 2.46. The van der Waals surface area contributed by atoms with E-state index < -0.39 is 18.1 Å². The first-order valence-electron chi connectivity index (χ1n) is 5.81. The number of nitrogens with zero attached hydrogens (tertiary/aromatic N) is 1. The molecule has 0 aliphatic rings. The van der Waals surface area contributed by atoms with Crippen LogP contribution in [0.15, 0.2) is 30.3 Å². The third-order valence-electron chi connectivity index (χ3n) is 2.66. The number of ether oxygens (including phenoxy) is 2. The number of esters is 1. The molecular weight excluding hydrogens is 248 g/mol. The Morgan fingerprint density at radius 1 is 1.32 bits per heavy atom. The Kier molecular flexibility index (Phi) is 5.81. The van der Waals surface area contributed by atoms with Crippen molar-refractivity contribution in [2.45, 2.75) is 12.6 Å². The first kappa shape index (κ1) is 15.0. The van der Waals surface area contributed by atoms with Crippen molar-refractivity contribution in [1.82, 2.24) is 4.90 Å². The van der Waals surface area contributed by atoms with Crippen LogP contribution in [0.4, 0.5) is 4.79 Å². The Balaban J connectivity index is 2.54. The van der Waals surface area contributed by atoms with Crippen LogP contribution in [-0.2, 0) is 20.9 Å². The molecule has 0 aliphatic carbocycles. The third-order valence-corrected chi connectivity index (χ3v) is 2.66. The molecule has 19 heavy (non-hydrogen) atoms. The van der Waals surface area contributed by atoms with Crippen molar-refractivity contribution in [3.8, 4) is 0 Å². The van der Waals surface area contributed by atoms with E-state index in [1.165, 1.54) is 14.2 Å². The first-order chi connectivity index (χ1) is 9.10. The summed E-state index contributed by atoms with van der Waals surface area (Å²) in [6.45, 7) is 0.117. The second-order valence-electron chi connectivity index (χ2n) is 3.93. The fraction of sp³-hybridized carbons (Fsp3) is 0.385. The van der Waals surface area contributed by atoms with Crippen LogP contribution in [0.5, 0.6) is 0 Å². The highest BCUT2D eigenvalue weighted by molar-refractivity contribution is 5.81. The second-order valence-corrected chi connectivity index (χ2v) is 3.93. The number of hydrogen-bond acceptors (Lipinski definition) is 5. The minimum absolute atomic E-state index is 0.0242. The van der Waals surface area contributed by atoms with Gasteiger partial charge in [-0.2, -0.15) is 0 Å². The molecule has 6 heteroatoms. The summed E-state index contributed by atoms with van der Waals surface area (Å²) in [6, 6.07) is 8.42. The van der Waals surface area contributed by atoms with Crippen LogP contribution in [0.3, 0.4) is 0 Å². The molecule has 0 heterocycles. The van der Waals surface area contributed by atoms with Gasteiger partial charge in [0.15, 0.2) is 0 Å². The van der Waals surface area contributed by atoms with Gasteiger partial charge in [0, 0.05) is 13.6 Å². The molecule has 0 saturated heterocycles. The molecule has 0 radical (unpaired) electrons. The van der Waals surface area contributed by atoms with Gasteiger partial charge in [-0.05, 0) is 5.56 Å². The van der Waals surface area contributed by atoms with Gasteiger partial charge in [-0.1, -0.05) is 30.3 Å². The molecule has 0 fully saturated rings. The van der Waals surface area contributed by atoms with E-state index in [1.54, 1.807) is 0 Å². The Morgan fingerprint density at radius 3 is 2.47 bits per heavy atom. The highest BCUT2D eigenvalue weighted by atomic mass is 16.6. The van der Waals surface area contributed by atoms with E-state index >= 15 is 0 Å². The van der Waals surface area contributed by atoms with E-state index in [0.29, 0.717) is 0 Å². The van der Waals surface area contributed by atoms with E-state index in [-0.39, 0.29) is 13.2 Å². The molecule has 1 rings (SSSR count). The van der Waals surface area contributed by atoms with Crippen molar-refractivity contribution in [3.05, 3.63) is 35.9 Å². The van der Waals surface area contributed by atoms with Crippen molar-refractivity contribution in [3.63, 3.8) is 0 Å². The normalized spacial score (nSPS) is 11.5. The summed E-state index contributed by atoms with van der Waals surface area (Å²) in [5.41, 5.74) is 6.31. The van der Waals surface area contributed by atoms with Gasteiger partial charge in [-0.25, -0.2) is 9.59 Å². The van der Waals surface area contributed by atoms with Gasteiger partial charge in [0.1, 0.15) is 12.6 Å². The minimum Gasteiger partial charge on any atom is -0.467 e. The van der Waals surface area contributed by atoms with Gasteiger partial charge < -0.3 is 15.2 Å². The summed E-state index contributed by atoms with van der Waals surface area (Å²) < 4.78 is 9.66. The van der Waals surface area contributed by atoms with Crippen LogP contribution in [0, 0.1) is 0 Å². The van der Waals surface area contributed by atoms with E-state index in [9.17, 15) is 9.59 Å². The molecule has 0 saturated carbocycles. The molecular formula is C13H18N2O4. The predicted octanol–water partition coefficient (Wildman–Crippen LogP) is 0.755. The summed E-state index contributed by atoms with van der Waals surface area (Å²) in [5, 5.41) is 0. The summed E-state index contributed by atoms with van der Waals surface area (Å²) in [4.78, 5) is 24.3. The van der Waals surface area contributed by atoms with Gasteiger partial charge in [-0.15, -0.1) is 0 Å². The molecule has 6 nitrogen and oxygen atoms in total. The third kappa shape index (κ3) is 4.26. The Bertz CT molecular complexity index is 422. The predicted molar refractivity (Wildman–Crippen MR) is 69.2 cm³/mol. The van der Waals surface area contributed by atoms with Crippen LogP contribution in [-0.4, -0.2) is 43.7 Å². The molecule has 0 aromatic heterocycles. The lowest BCUT2D eigenvalue weighted by atomic mass is 10.2. The molecule has 1 unspecified atom stereocenters. The molecule has 104 valence electrons. The number of benzene rings is 1. The van der Waals surface area contributed by atoms with E-state index in [2.05, 4.69) is 4.74 Å². The van der Waals surface area contributed by atoms with Crippen molar-refractivity contribution in [1.29, 1.82) is 0 Å². The van der Waals surface area contributed by atoms with Crippen LogP contribution in [0.2, 0.25) is 0 Å². The van der Waals surface area contributed by atoms with E-state index in [0.717, 1.165) is 10.5 Å². The Hall–Kier alpha value is -2.08. The number of rotatable bonds is 5. The number of likely N-dealkylation sites (N-methyl/N-ethyl adjacent to an activating group) is 1. The number of methoxy groups -OCH3 is 1. The summed E-state index contributed by atoms with van der Waals surface area (Å²) in [6.07, 6.45) is -0.621. The SMILES string of the molecule is COC(=O)C(CN)N(C)C(=O)OCc1ccccc1. The molecule has 1 aromatic rings. The van der Waals surface area contributed by atoms with Crippen molar-refractivity contribution in [2.24, 2.45) is 5.73 Å². The maximum atomic E-state index is 11.8. The Morgan fingerprint density at radius 2 is 1.95 bits per heavy atom. The van der Waals surface area contributed by atoms with Gasteiger partial charge in [-0.3, -0.25) is 4.90 Å². The van der Waals surface area contributed by atoms with Gasteiger partial charge in [0.05, 0.1) is 7.11 Å². The Labute approximate surface area is 112 Å². The first-order valence-corrected chi connectivity index (χ1v) is 5.81. The number of amides is 1. The molecule has 0 bridgehead atoms. The second kappa shape index (κ2) is 7.38. The number of carbonyl (C=O) groups is 2. The summed E-state index contributed by atoms with van der Waals surface area (Å²) in [5.74, 6) is -0.568. The fourth-order valence-electron chi connectivity index (χ4n) is 1.50. The zero-order chi connectivity index (χ0) is 14.3. The topological polar surface area (TPSA) is 81.9 Å². The maximum Gasteiger partial charge on any atom is 0.410 e.